The summed E-state index contributed by atoms with van der Waals surface area (Å²) in [7, 11) is 5.24. The molecule has 0 aliphatic carbocycles. The summed E-state index contributed by atoms with van der Waals surface area (Å²) < 4.78 is 7.98. The maximum absolute atomic E-state index is 6.07. The monoisotopic (exact) mass is 560 g/mol. The number of hydrogen-bond acceptors (Lipinski definition) is 2. The Hall–Kier alpha value is -0.640. The Bertz CT molecular complexity index is 752. The summed E-state index contributed by atoms with van der Waals surface area (Å²) in [5.41, 5.74) is 2.08. The summed E-state index contributed by atoms with van der Waals surface area (Å²) in [4.78, 5) is 4.22. The molecule has 2 aromatic rings. The number of guanidine groups is 1. The van der Waals surface area contributed by atoms with Crippen molar-refractivity contribution in [2.75, 3.05) is 14.2 Å². The largest absolute Gasteiger partial charge is 0.496 e. The predicted molar refractivity (Wildman–Crippen MR) is 119 cm³/mol. The van der Waals surface area contributed by atoms with Gasteiger partial charge in [-0.2, -0.15) is 0 Å². The molecule has 0 bridgehead atoms. The molecule has 0 amide bonds. The van der Waals surface area contributed by atoms with E-state index in [2.05, 4.69) is 31.6 Å². The van der Waals surface area contributed by atoms with Crippen molar-refractivity contribution < 1.29 is 4.74 Å². The number of hydrogen-bond donors (Lipinski definition) is 2. The van der Waals surface area contributed by atoms with Gasteiger partial charge in [0.1, 0.15) is 10.9 Å². The second-order valence-corrected chi connectivity index (χ2v) is 6.70. The molecule has 25 heavy (non-hydrogen) atoms. The molecule has 5 nitrogen and oxygen atoms in total. The van der Waals surface area contributed by atoms with Crippen molar-refractivity contribution in [3.8, 4) is 5.75 Å². The van der Waals surface area contributed by atoms with E-state index in [4.69, 9.17) is 27.9 Å². The lowest BCUT2D eigenvalue weighted by Gasteiger charge is -2.13. The molecule has 0 saturated heterocycles. The van der Waals surface area contributed by atoms with Crippen molar-refractivity contribution in [1.29, 1.82) is 0 Å². The number of methoxy groups -OCH3 is 1. The van der Waals surface area contributed by atoms with Gasteiger partial charge in [-0.3, -0.25) is 4.99 Å². The van der Waals surface area contributed by atoms with Crippen LogP contribution in [-0.4, -0.2) is 24.7 Å². The molecular formula is C16H20BrCl2IN4O. The van der Waals surface area contributed by atoms with Gasteiger partial charge < -0.3 is 19.9 Å². The first-order valence-corrected chi connectivity index (χ1v) is 8.77. The molecule has 0 aliphatic rings. The quantitative estimate of drug-likeness (QED) is 0.319. The van der Waals surface area contributed by atoms with Gasteiger partial charge >= 0.3 is 0 Å². The van der Waals surface area contributed by atoms with Crippen LogP contribution in [0, 0.1) is 0 Å². The van der Waals surface area contributed by atoms with Crippen LogP contribution >= 0.6 is 63.1 Å². The lowest BCUT2D eigenvalue weighted by Crippen LogP contribution is -2.36. The molecule has 0 fully saturated rings. The van der Waals surface area contributed by atoms with Crippen molar-refractivity contribution >= 4 is 69.1 Å². The molecule has 0 unspecified atom stereocenters. The van der Waals surface area contributed by atoms with E-state index in [1.807, 2.05) is 35.9 Å². The Morgan fingerprint density at radius 1 is 1.24 bits per heavy atom. The normalized spacial score (nSPS) is 11.0. The predicted octanol–water partition coefficient (Wildman–Crippen LogP) is 4.59. The van der Waals surface area contributed by atoms with Crippen LogP contribution in [0.2, 0.25) is 10.2 Å². The van der Waals surface area contributed by atoms with Gasteiger partial charge in [-0.15, -0.1) is 24.0 Å². The van der Waals surface area contributed by atoms with Gasteiger partial charge in [-0.05, 0) is 39.7 Å². The summed E-state index contributed by atoms with van der Waals surface area (Å²) in [5, 5.41) is 7.57. The molecule has 1 aromatic carbocycles. The first-order chi connectivity index (χ1) is 11.5. The molecule has 2 rings (SSSR count). The van der Waals surface area contributed by atoms with Crippen LogP contribution in [0.5, 0.6) is 5.75 Å². The number of halogens is 4. The SMILES string of the molecule is CN=C(NCc1ccc(OC)c(Br)c1)NCc1cc(Cl)c(Cl)n1C.I. The molecule has 1 aromatic heterocycles. The third-order valence-corrected chi connectivity index (χ3v) is 5.01. The standard InChI is InChI=1S/C16H19BrCl2N4O.HI/c1-20-16(22-9-11-7-13(18)15(19)23(11)2)21-8-10-4-5-14(24-3)12(17)6-10;/h4-7H,8-9H2,1-3H3,(H2,20,21,22);1H. The fourth-order valence-electron chi connectivity index (χ4n) is 2.16. The topological polar surface area (TPSA) is 50.6 Å². The average molecular weight is 562 g/mol. The van der Waals surface area contributed by atoms with Crippen molar-refractivity contribution in [2.45, 2.75) is 13.1 Å². The minimum absolute atomic E-state index is 0. The zero-order chi connectivity index (χ0) is 17.7. The van der Waals surface area contributed by atoms with Crippen molar-refractivity contribution in [2.24, 2.45) is 12.0 Å². The third kappa shape index (κ3) is 5.94. The zero-order valence-electron chi connectivity index (χ0n) is 14.1. The lowest BCUT2D eigenvalue weighted by molar-refractivity contribution is 0.412. The second-order valence-electron chi connectivity index (χ2n) is 5.08. The molecule has 2 N–H and O–H groups in total. The zero-order valence-corrected chi connectivity index (χ0v) is 19.5. The average Bonchev–Trinajstić information content (AvgIpc) is 2.82. The minimum atomic E-state index is 0. The number of aliphatic imine (C=N–C) groups is 1. The number of rotatable bonds is 5. The second kappa shape index (κ2) is 10.5. The molecule has 0 aliphatic heterocycles. The Kier molecular flexibility index (Phi) is 9.40. The third-order valence-electron chi connectivity index (χ3n) is 3.55. The molecule has 9 heteroatoms. The van der Waals surface area contributed by atoms with E-state index < -0.39 is 0 Å². The lowest BCUT2D eigenvalue weighted by atomic mass is 10.2. The van der Waals surface area contributed by atoms with Gasteiger partial charge in [0.05, 0.1) is 23.1 Å². The molecule has 0 atom stereocenters. The highest BCUT2D eigenvalue weighted by molar-refractivity contribution is 14.0. The highest BCUT2D eigenvalue weighted by atomic mass is 127. The van der Waals surface area contributed by atoms with E-state index in [0.717, 1.165) is 21.5 Å². The van der Waals surface area contributed by atoms with Gasteiger partial charge in [-0.25, -0.2) is 0 Å². The fourth-order valence-corrected chi connectivity index (χ4v) is 3.16. The maximum atomic E-state index is 6.07. The van der Waals surface area contributed by atoms with Crippen LogP contribution in [0.4, 0.5) is 0 Å². The van der Waals surface area contributed by atoms with Gasteiger partial charge in [0.15, 0.2) is 5.96 Å². The Labute approximate surface area is 183 Å². The molecule has 0 saturated carbocycles. The summed E-state index contributed by atoms with van der Waals surface area (Å²) in [6.45, 7) is 1.20. The van der Waals surface area contributed by atoms with Crippen molar-refractivity contribution in [3.05, 3.63) is 50.2 Å². The number of benzene rings is 1. The Morgan fingerprint density at radius 3 is 2.44 bits per heavy atom. The van der Waals surface area contributed by atoms with Crippen molar-refractivity contribution in [1.82, 2.24) is 15.2 Å². The van der Waals surface area contributed by atoms with Gasteiger partial charge in [0, 0.05) is 26.3 Å². The Morgan fingerprint density at radius 2 is 1.92 bits per heavy atom. The van der Waals surface area contributed by atoms with Gasteiger partial charge in [0.25, 0.3) is 0 Å². The molecule has 0 spiro atoms. The molecule has 0 radical (unpaired) electrons. The smallest absolute Gasteiger partial charge is 0.191 e. The van der Waals surface area contributed by atoms with E-state index in [0.29, 0.717) is 29.2 Å². The first-order valence-electron chi connectivity index (χ1n) is 7.22. The number of aromatic nitrogens is 1. The highest BCUT2D eigenvalue weighted by Crippen LogP contribution is 2.26. The molecular weight excluding hydrogens is 542 g/mol. The van der Waals surface area contributed by atoms with E-state index in [-0.39, 0.29) is 24.0 Å². The van der Waals surface area contributed by atoms with Crippen LogP contribution in [0.3, 0.4) is 0 Å². The molecule has 1 heterocycles. The minimum Gasteiger partial charge on any atom is -0.496 e. The summed E-state index contributed by atoms with van der Waals surface area (Å²) in [5.74, 6) is 1.49. The van der Waals surface area contributed by atoms with Crippen LogP contribution in [0.25, 0.3) is 0 Å². The number of nitrogens with zero attached hydrogens (tertiary/aromatic N) is 2. The van der Waals surface area contributed by atoms with E-state index in [1.54, 1.807) is 14.2 Å². The highest BCUT2D eigenvalue weighted by Gasteiger charge is 2.09. The van der Waals surface area contributed by atoms with E-state index >= 15 is 0 Å². The van der Waals surface area contributed by atoms with Crippen LogP contribution in [-0.2, 0) is 20.1 Å². The number of ether oxygens (including phenoxy) is 1. The summed E-state index contributed by atoms with van der Waals surface area (Å²) in [6, 6.07) is 7.77. The summed E-state index contributed by atoms with van der Waals surface area (Å²) in [6.07, 6.45) is 0. The van der Waals surface area contributed by atoms with Crippen LogP contribution < -0.4 is 15.4 Å². The van der Waals surface area contributed by atoms with E-state index in [1.165, 1.54) is 0 Å². The summed E-state index contributed by atoms with van der Waals surface area (Å²) >= 11 is 15.6. The van der Waals surface area contributed by atoms with Gasteiger partial charge in [0.2, 0.25) is 0 Å². The number of nitrogens with one attached hydrogen (secondary N) is 2. The maximum Gasteiger partial charge on any atom is 0.191 e. The fraction of sp³-hybridized carbons (Fsp3) is 0.312. The van der Waals surface area contributed by atoms with Crippen molar-refractivity contribution in [3.63, 3.8) is 0 Å². The van der Waals surface area contributed by atoms with Crippen LogP contribution in [0.1, 0.15) is 11.3 Å². The van der Waals surface area contributed by atoms with Gasteiger partial charge in [-0.1, -0.05) is 29.3 Å². The van der Waals surface area contributed by atoms with Crippen LogP contribution in [0.15, 0.2) is 33.7 Å². The first kappa shape index (κ1) is 22.4. The molecule has 138 valence electrons. The van der Waals surface area contributed by atoms with E-state index in [9.17, 15) is 0 Å². The Balaban J connectivity index is 0.00000312.